The summed E-state index contributed by atoms with van der Waals surface area (Å²) in [6.07, 6.45) is 0. The van der Waals surface area contributed by atoms with Gasteiger partial charge in [-0.15, -0.1) is 0 Å². The van der Waals surface area contributed by atoms with Gasteiger partial charge in [0.25, 0.3) is 0 Å². The van der Waals surface area contributed by atoms with E-state index in [2.05, 4.69) is 33.0 Å². The summed E-state index contributed by atoms with van der Waals surface area (Å²) in [5.74, 6) is 0. The van der Waals surface area contributed by atoms with E-state index in [1.165, 1.54) is 9.16 Å². The number of para-hydroxylation sites is 1. The Hall–Kier alpha value is -0.441. The van der Waals surface area contributed by atoms with E-state index >= 15 is 0 Å². The van der Waals surface area contributed by atoms with E-state index in [0.29, 0.717) is 0 Å². The Morgan fingerprint density at radius 2 is 1.77 bits per heavy atom. The summed E-state index contributed by atoms with van der Waals surface area (Å²) in [7, 11) is 0. The van der Waals surface area contributed by atoms with Gasteiger partial charge in [-0.3, -0.25) is 0 Å². The van der Waals surface area contributed by atoms with Gasteiger partial charge in [0, 0.05) is 0 Å². The van der Waals surface area contributed by atoms with Gasteiger partial charge in [-0.2, -0.15) is 0 Å². The van der Waals surface area contributed by atoms with Crippen molar-refractivity contribution in [1.82, 2.24) is 0 Å². The first-order valence-corrected chi connectivity index (χ1v) is 14.6. The van der Waals surface area contributed by atoms with Crippen LogP contribution in [0.4, 0.5) is 0 Å². The molecular weight excluding hydrogens is 267 g/mol. The predicted octanol–water partition coefficient (Wildman–Crippen LogP) is 2.98. The number of benzene rings is 1. The van der Waals surface area contributed by atoms with Gasteiger partial charge in [0.05, 0.1) is 0 Å². The molecule has 0 atom stereocenters. The Balaban J connectivity index is 2.63. The molecular formula is C11H14OSn. The molecule has 0 amide bonds. The van der Waals surface area contributed by atoms with Gasteiger partial charge in [0.15, 0.2) is 0 Å². The molecule has 2 rings (SSSR count). The summed E-state index contributed by atoms with van der Waals surface area (Å²) >= 11 is -1.99. The number of furan rings is 1. The van der Waals surface area contributed by atoms with Crippen molar-refractivity contribution in [2.24, 2.45) is 0 Å². The Morgan fingerprint density at radius 1 is 1.08 bits per heavy atom. The Kier molecular flexibility index (Phi) is 2.14. The number of hydrogen-bond acceptors (Lipinski definition) is 1. The third-order valence-corrected chi connectivity index (χ3v) is 7.09. The topological polar surface area (TPSA) is 13.1 Å². The molecule has 1 aromatic carbocycles. The summed E-state index contributed by atoms with van der Waals surface area (Å²) in [5, 5.41) is 1.24. The molecule has 0 N–H and O–H groups in total. The predicted molar refractivity (Wildman–Crippen MR) is 59.2 cm³/mol. The molecule has 0 bridgehead atoms. The molecule has 0 aliphatic carbocycles. The summed E-state index contributed by atoms with van der Waals surface area (Å²) in [6, 6.07) is 10.4. The van der Waals surface area contributed by atoms with E-state index in [-0.39, 0.29) is 0 Å². The van der Waals surface area contributed by atoms with Crippen molar-refractivity contribution in [1.29, 1.82) is 0 Å². The van der Waals surface area contributed by atoms with Crippen LogP contribution in [0.3, 0.4) is 0 Å². The van der Waals surface area contributed by atoms with Crippen molar-refractivity contribution >= 4 is 33.1 Å². The number of rotatable bonds is 1. The molecule has 0 aliphatic heterocycles. The van der Waals surface area contributed by atoms with Crippen LogP contribution in [0.25, 0.3) is 11.0 Å². The molecule has 13 heavy (non-hydrogen) atoms. The summed E-state index contributed by atoms with van der Waals surface area (Å²) < 4.78 is 7.09. The molecule has 1 nitrogen and oxygen atoms in total. The molecule has 0 saturated heterocycles. The summed E-state index contributed by atoms with van der Waals surface area (Å²) in [4.78, 5) is 7.10. The van der Waals surface area contributed by atoms with Crippen molar-refractivity contribution in [2.75, 3.05) is 0 Å². The second-order valence-corrected chi connectivity index (χ2v) is 18.6. The van der Waals surface area contributed by atoms with Crippen LogP contribution < -0.4 is 3.78 Å². The molecule has 2 heteroatoms. The van der Waals surface area contributed by atoms with Gasteiger partial charge in [-0.1, -0.05) is 0 Å². The third-order valence-electron chi connectivity index (χ3n) is 2.16. The van der Waals surface area contributed by atoms with Crippen molar-refractivity contribution < 1.29 is 4.42 Å². The molecule has 0 radical (unpaired) electrons. The molecule has 0 saturated carbocycles. The van der Waals surface area contributed by atoms with E-state index in [4.69, 9.17) is 4.42 Å². The standard InChI is InChI=1S/C8H5O.3CH3.Sn/c1-2-4-8-7(3-1)5-6-9-8;;;;/h1-5H;3*1H3;. The van der Waals surface area contributed by atoms with Gasteiger partial charge in [-0.25, -0.2) is 0 Å². The van der Waals surface area contributed by atoms with E-state index < -0.39 is 18.4 Å². The van der Waals surface area contributed by atoms with Gasteiger partial charge in [0.1, 0.15) is 0 Å². The van der Waals surface area contributed by atoms with Gasteiger partial charge < -0.3 is 0 Å². The van der Waals surface area contributed by atoms with Crippen molar-refractivity contribution in [3.8, 4) is 0 Å². The van der Waals surface area contributed by atoms with Crippen molar-refractivity contribution in [2.45, 2.75) is 14.8 Å². The molecule has 2 aromatic rings. The number of hydrogen-bond donors (Lipinski definition) is 0. The van der Waals surface area contributed by atoms with Crippen LogP contribution >= 0.6 is 0 Å². The Bertz CT molecular complexity index is 390. The Labute approximate surface area is 82.6 Å². The molecule has 0 unspecified atom stereocenters. The number of fused-ring (bicyclic) bond motifs is 1. The normalized spacial score (nSPS) is 12.2. The van der Waals surface area contributed by atoms with E-state index in [9.17, 15) is 0 Å². The van der Waals surface area contributed by atoms with Gasteiger partial charge in [-0.05, 0) is 0 Å². The molecule has 1 aromatic heterocycles. The summed E-state index contributed by atoms with van der Waals surface area (Å²) in [5.41, 5.74) is 1.03. The van der Waals surface area contributed by atoms with Gasteiger partial charge in [0.2, 0.25) is 0 Å². The average molecular weight is 281 g/mol. The fraction of sp³-hybridized carbons (Fsp3) is 0.273. The molecule has 0 aliphatic rings. The zero-order valence-corrected chi connectivity index (χ0v) is 11.1. The van der Waals surface area contributed by atoms with Crippen LogP contribution in [0.2, 0.25) is 14.8 Å². The average Bonchev–Trinajstić information content (AvgIpc) is 2.45. The molecule has 0 fully saturated rings. The fourth-order valence-corrected chi connectivity index (χ4v) is 4.22. The van der Waals surface area contributed by atoms with Crippen LogP contribution in [0.5, 0.6) is 0 Å². The zero-order valence-electron chi connectivity index (χ0n) is 8.29. The zero-order chi connectivity index (χ0) is 9.47. The maximum absolute atomic E-state index is 5.83. The first kappa shape index (κ1) is 9.13. The second kappa shape index (κ2) is 3.05. The molecule has 1 heterocycles. The van der Waals surface area contributed by atoms with Crippen molar-refractivity contribution in [3.05, 3.63) is 30.3 Å². The van der Waals surface area contributed by atoms with E-state index in [0.717, 1.165) is 5.58 Å². The first-order valence-electron chi connectivity index (χ1n) is 4.56. The van der Waals surface area contributed by atoms with Crippen LogP contribution in [0.15, 0.2) is 34.7 Å². The minimum atomic E-state index is -1.99. The fourth-order valence-electron chi connectivity index (χ4n) is 1.35. The Morgan fingerprint density at radius 3 is 2.38 bits per heavy atom. The van der Waals surface area contributed by atoms with Crippen LogP contribution in [-0.2, 0) is 0 Å². The first-order chi connectivity index (χ1) is 6.07. The SMILES string of the molecule is [CH3][Sn]([CH3])([CH3])[c]1cc2ccccc2o1. The summed E-state index contributed by atoms with van der Waals surface area (Å²) in [6.45, 7) is 0. The molecule has 0 spiro atoms. The van der Waals surface area contributed by atoms with Crippen molar-refractivity contribution in [3.63, 3.8) is 0 Å². The van der Waals surface area contributed by atoms with Gasteiger partial charge >= 0.3 is 82.7 Å². The maximum atomic E-state index is 5.83. The minimum absolute atomic E-state index is 1.03. The van der Waals surface area contributed by atoms with Crippen LogP contribution in [-0.4, -0.2) is 18.4 Å². The van der Waals surface area contributed by atoms with E-state index in [1.807, 2.05) is 12.1 Å². The second-order valence-electron chi connectivity index (χ2n) is 4.40. The van der Waals surface area contributed by atoms with E-state index in [1.54, 1.807) is 0 Å². The van der Waals surface area contributed by atoms with Crippen LogP contribution in [0.1, 0.15) is 0 Å². The monoisotopic (exact) mass is 282 g/mol. The third kappa shape index (κ3) is 1.75. The van der Waals surface area contributed by atoms with Crippen LogP contribution in [0, 0.1) is 0 Å². The quantitative estimate of drug-likeness (QED) is 0.732. The molecule has 68 valence electrons.